The Morgan fingerprint density at radius 2 is 1.78 bits per heavy atom. The van der Waals surface area contributed by atoms with Crippen molar-refractivity contribution in [2.75, 3.05) is 32.6 Å². The average molecular weight is 511 g/mol. The molecule has 1 atom stereocenters. The Balaban J connectivity index is 1.84. The summed E-state index contributed by atoms with van der Waals surface area (Å²) >= 11 is 6.18. The second-order valence-corrected chi connectivity index (χ2v) is 10.2. The number of halogens is 1. The molecule has 0 saturated carbocycles. The summed E-state index contributed by atoms with van der Waals surface area (Å²) in [6.45, 7) is 5.29. The van der Waals surface area contributed by atoms with E-state index in [0.717, 1.165) is 0 Å². The molecule has 0 fully saturated rings. The molecule has 36 heavy (non-hydrogen) atoms. The zero-order chi connectivity index (χ0) is 26.6. The molecule has 1 heterocycles. The molecule has 3 rings (SSSR count). The van der Waals surface area contributed by atoms with Crippen molar-refractivity contribution in [2.45, 2.75) is 26.9 Å². The Labute approximate surface area is 216 Å². The number of anilines is 1. The van der Waals surface area contributed by atoms with Crippen LogP contribution in [-0.4, -0.2) is 59.5 Å². The van der Waals surface area contributed by atoms with Gasteiger partial charge in [-0.05, 0) is 50.6 Å². The highest BCUT2D eigenvalue weighted by Gasteiger charge is 2.25. The highest BCUT2D eigenvalue weighted by molar-refractivity contribution is 6.30. The summed E-state index contributed by atoms with van der Waals surface area (Å²) in [5.41, 5.74) is 1.26. The molecule has 0 aliphatic rings. The van der Waals surface area contributed by atoms with Gasteiger partial charge in [-0.1, -0.05) is 35.9 Å². The maximum absolute atomic E-state index is 13.4. The van der Waals surface area contributed by atoms with E-state index < -0.39 is 11.5 Å². The van der Waals surface area contributed by atoms with Crippen LogP contribution in [0, 0.1) is 5.41 Å². The van der Waals surface area contributed by atoms with Gasteiger partial charge in [0.05, 0.1) is 29.3 Å². The molecule has 1 aromatic heterocycles. The topological polar surface area (TPSA) is 95.9 Å². The van der Waals surface area contributed by atoms with Gasteiger partial charge in [0, 0.05) is 37.9 Å². The quantitative estimate of drug-likeness (QED) is 0.366. The standard InChI is InChI=1S/C27H31ClN4O4/c1-27(2,3)25(35)36-20-12-8-9-17(14-20)22(33)16-32(6)24(34)21-15-29-26(31(4)5)30-23(21)18-10-7-11-19(28)13-18/h7-15,22,33H,16H2,1-6H3. The van der Waals surface area contributed by atoms with E-state index in [1.54, 1.807) is 75.2 Å². The minimum absolute atomic E-state index is 0.0000776. The van der Waals surface area contributed by atoms with Crippen LogP contribution in [0.4, 0.5) is 5.95 Å². The van der Waals surface area contributed by atoms with E-state index in [0.29, 0.717) is 33.5 Å². The van der Waals surface area contributed by atoms with Crippen LogP contribution in [0.3, 0.4) is 0 Å². The SMILES string of the molecule is CN(CC(O)c1cccc(OC(=O)C(C)(C)C)c1)C(=O)c1cnc(N(C)C)nc1-c1cccc(Cl)c1. The monoisotopic (exact) mass is 510 g/mol. The van der Waals surface area contributed by atoms with E-state index in [2.05, 4.69) is 9.97 Å². The Bertz CT molecular complexity index is 1260. The van der Waals surface area contributed by atoms with Crippen molar-refractivity contribution in [3.63, 3.8) is 0 Å². The number of ether oxygens (including phenoxy) is 1. The molecule has 0 aliphatic carbocycles. The van der Waals surface area contributed by atoms with Gasteiger partial charge in [-0.25, -0.2) is 9.97 Å². The third-order valence-corrected chi connectivity index (χ3v) is 5.60. The third-order valence-electron chi connectivity index (χ3n) is 5.36. The highest BCUT2D eigenvalue weighted by Crippen LogP contribution is 2.28. The lowest BCUT2D eigenvalue weighted by Crippen LogP contribution is -2.32. The molecule has 1 amide bonds. The van der Waals surface area contributed by atoms with Gasteiger partial charge in [-0.3, -0.25) is 9.59 Å². The van der Waals surface area contributed by atoms with E-state index in [1.807, 2.05) is 20.2 Å². The largest absolute Gasteiger partial charge is 0.426 e. The number of rotatable bonds is 7. The minimum atomic E-state index is -1.01. The lowest BCUT2D eigenvalue weighted by Gasteiger charge is -2.23. The first kappa shape index (κ1) is 27.1. The summed E-state index contributed by atoms with van der Waals surface area (Å²) in [6, 6.07) is 13.7. The number of carbonyl (C=O) groups is 2. The molecule has 9 heteroatoms. The van der Waals surface area contributed by atoms with Crippen molar-refractivity contribution in [1.29, 1.82) is 0 Å². The van der Waals surface area contributed by atoms with Crippen LogP contribution < -0.4 is 9.64 Å². The van der Waals surface area contributed by atoms with Gasteiger partial charge in [-0.2, -0.15) is 0 Å². The molecule has 0 spiro atoms. The van der Waals surface area contributed by atoms with Gasteiger partial charge in [0.25, 0.3) is 5.91 Å². The molecule has 8 nitrogen and oxygen atoms in total. The second kappa shape index (κ2) is 11.1. The maximum Gasteiger partial charge on any atom is 0.316 e. The van der Waals surface area contributed by atoms with Gasteiger partial charge in [-0.15, -0.1) is 0 Å². The van der Waals surface area contributed by atoms with E-state index in [4.69, 9.17) is 16.3 Å². The summed E-state index contributed by atoms with van der Waals surface area (Å²) < 4.78 is 5.43. The number of hydrogen-bond acceptors (Lipinski definition) is 7. The van der Waals surface area contributed by atoms with Crippen molar-refractivity contribution in [2.24, 2.45) is 5.41 Å². The number of hydrogen-bond donors (Lipinski definition) is 1. The molecule has 0 radical (unpaired) electrons. The van der Waals surface area contributed by atoms with Crippen molar-refractivity contribution >= 4 is 29.4 Å². The normalized spacial score (nSPS) is 12.1. The summed E-state index contributed by atoms with van der Waals surface area (Å²) in [4.78, 5) is 37.7. The first-order valence-corrected chi connectivity index (χ1v) is 11.8. The van der Waals surface area contributed by atoms with Crippen LogP contribution in [0.1, 0.15) is 42.8 Å². The maximum atomic E-state index is 13.4. The van der Waals surface area contributed by atoms with Crippen LogP contribution in [0.25, 0.3) is 11.3 Å². The predicted octanol–water partition coefficient (Wildman–Crippen LogP) is 4.62. The van der Waals surface area contributed by atoms with Crippen LogP contribution in [-0.2, 0) is 4.79 Å². The molecule has 1 N–H and O–H groups in total. The molecule has 190 valence electrons. The number of aromatic nitrogens is 2. The van der Waals surface area contributed by atoms with Crippen LogP contribution in [0.5, 0.6) is 5.75 Å². The number of carbonyl (C=O) groups excluding carboxylic acids is 2. The number of likely N-dealkylation sites (N-methyl/N-ethyl adjacent to an activating group) is 1. The fraction of sp³-hybridized carbons (Fsp3) is 0.333. The molecular weight excluding hydrogens is 480 g/mol. The number of benzene rings is 2. The average Bonchev–Trinajstić information content (AvgIpc) is 2.82. The number of esters is 1. The number of amides is 1. The van der Waals surface area contributed by atoms with Crippen molar-refractivity contribution in [3.8, 4) is 17.0 Å². The van der Waals surface area contributed by atoms with Gasteiger partial charge in [0.15, 0.2) is 0 Å². The molecule has 0 aliphatic heterocycles. The summed E-state index contributed by atoms with van der Waals surface area (Å²) in [5.74, 6) is 0.0444. The van der Waals surface area contributed by atoms with Gasteiger partial charge in [0.1, 0.15) is 5.75 Å². The van der Waals surface area contributed by atoms with Crippen LogP contribution in [0.2, 0.25) is 5.02 Å². The van der Waals surface area contributed by atoms with E-state index in [1.165, 1.54) is 11.1 Å². The van der Waals surface area contributed by atoms with Gasteiger partial charge < -0.3 is 19.6 Å². The van der Waals surface area contributed by atoms with E-state index in [-0.39, 0.29) is 24.0 Å². The summed E-state index contributed by atoms with van der Waals surface area (Å²) in [6.07, 6.45) is 0.472. The molecule has 2 aromatic carbocycles. The Morgan fingerprint density at radius 3 is 2.42 bits per heavy atom. The highest BCUT2D eigenvalue weighted by atomic mass is 35.5. The first-order valence-electron chi connectivity index (χ1n) is 11.4. The Hall–Kier alpha value is -3.49. The minimum Gasteiger partial charge on any atom is -0.426 e. The van der Waals surface area contributed by atoms with Crippen molar-refractivity contribution in [3.05, 3.63) is 70.9 Å². The fourth-order valence-corrected chi connectivity index (χ4v) is 3.49. The van der Waals surface area contributed by atoms with Crippen molar-refractivity contribution < 1.29 is 19.4 Å². The number of aliphatic hydroxyl groups is 1. The predicted molar refractivity (Wildman–Crippen MR) is 140 cm³/mol. The molecular formula is C27H31ClN4O4. The van der Waals surface area contributed by atoms with Crippen LogP contribution in [0.15, 0.2) is 54.7 Å². The molecule has 0 bridgehead atoms. The smallest absolute Gasteiger partial charge is 0.316 e. The second-order valence-electron chi connectivity index (χ2n) is 9.75. The lowest BCUT2D eigenvalue weighted by atomic mass is 9.97. The molecule has 0 saturated heterocycles. The zero-order valence-electron chi connectivity index (χ0n) is 21.3. The Morgan fingerprint density at radius 1 is 1.08 bits per heavy atom. The van der Waals surface area contributed by atoms with Gasteiger partial charge >= 0.3 is 5.97 Å². The molecule has 3 aromatic rings. The number of nitrogens with zero attached hydrogens (tertiary/aromatic N) is 4. The lowest BCUT2D eigenvalue weighted by molar-refractivity contribution is -0.143. The fourth-order valence-electron chi connectivity index (χ4n) is 3.30. The first-order chi connectivity index (χ1) is 16.9. The van der Waals surface area contributed by atoms with E-state index >= 15 is 0 Å². The zero-order valence-corrected chi connectivity index (χ0v) is 22.1. The summed E-state index contributed by atoms with van der Waals surface area (Å²) in [5, 5.41) is 11.4. The number of aliphatic hydroxyl groups excluding tert-OH is 1. The summed E-state index contributed by atoms with van der Waals surface area (Å²) in [7, 11) is 5.22. The van der Waals surface area contributed by atoms with Crippen LogP contribution >= 0.6 is 11.6 Å². The molecule has 1 unspecified atom stereocenters. The van der Waals surface area contributed by atoms with Gasteiger partial charge in [0.2, 0.25) is 5.95 Å². The van der Waals surface area contributed by atoms with Crippen molar-refractivity contribution in [1.82, 2.24) is 14.9 Å². The Kier molecular flexibility index (Phi) is 8.32. The van der Waals surface area contributed by atoms with E-state index in [9.17, 15) is 14.7 Å². The third kappa shape index (κ3) is 6.59.